The van der Waals surface area contributed by atoms with E-state index in [1.54, 1.807) is 12.1 Å². The molecule has 0 aliphatic rings. The van der Waals surface area contributed by atoms with E-state index in [1.165, 1.54) is 7.11 Å². The Morgan fingerprint density at radius 2 is 1.85 bits per heavy atom. The lowest BCUT2D eigenvalue weighted by Gasteiger charge is -2.29. The largest absolute Gasteiger partial charge is 0.465 e. The fourth-order valence-electron chi connectivity index (χ4n) is 2.89. The van der Waals surface area contributed by atoms with Crippen molar-refractivity contribution >= 4 is 5.97 Å². The highest BCUT2D eigenvalue weighted by atomic mass is 16.5. The number of carbonyl (C=O) groups excluding carboxylic acids is 1. The minimum atomic E-state index is -0.589. The lowest BCUT2D eigenvalue weighted by molar-refractivity contribution is 0.0600. The normalized spacial score (nSPS) is 13.0. The van der Waals surface area contributed by atoms with E-state index >= 15 is 0 Å². The molecule has 0 spiro atoms. The third-order valence-corrected chi connectivity index (χ3v) is 4.42. The highest BCUT2D eigenvalue weighted by Crippen LogP contribution is 2.17. The molecule has 0 saturated heterocycles. The van der Waals surface area contributed by atoms with Gasteiger partial charge >= 0.3 is 5.97 Å². The molecule has 26 heavy (non-hydrogen) atoms. The molecule has 0 amide bonds. The van der Waals surface area contributed by atoms with E-state index in [-0.39, 0.29) is 12.0 Å². The van der Waals surface area contributed by atoms with Crippen LogP contribution in [0.25, 0.3) is 0 Å². The fourth-order valence-corrected chi connectivity index (χ4v) is 2.89. The van der Waals surface area contributed by atoms with Crippen molar-refractivity contribution in [1.82, 2.24) is 4.90 Å². The minimum Gasteiger partial charge on any atom is -0.465 e. The summed E-state index contributed by atoms with van der Waals surface area (Å²) in [6, 6.07) is 17.1. The van der Waals surface area contributed by atoms with Gasteiger partial charge in [0.2, 0.25) is 0 Å². The topological polar surface area (TPSA) is 49.8 Å². The third kappa shape index (κ3) is 5.45. The van der Waals surface area contributed by atoms with Gasteiger partial charge in [0, 0.05) is 12.6 Å². The number of hydrogen-bond acceptors (Lipinski definition) is 4. The summed E-state index contributed by atoms with van der Waals surface area (Å²) in [6.45, 7) is 3.02. The maximum Gasteiger partial charge on any atom is 0.337 e. The molecule has 0 heterocycles. The van der Waals surface area contributed by atoms with Crippen LogP contribution in [0.1, 0.15) is 34.5 Å². The van der Waals surface area contributed by atoms with Crippen molar-refractivity contribution in [3.05, 3.63) is 71.3 Å². The summed E-state index contributed by atoms with van der Waals surface area (Å²) in [5.74, 6) is 2.33. The van der Waals surface area contributed by atoms with Gasteiger partial charge in [-0.2, -0.15) is 0 Å². The minimum absolute atomic E-state index is 0.147. The highest BCUT2D eigenvalue weighted by molar-refractivity contribution is 5.89. The molecule has 0 aliphatic carbocycles. The van der Waals surface area contributed by atoms with Crippen LogP contribution in [-0.2, 0) is 11.2 Å². The van der Waals surface area contributed by atoms with Crippen molar-refractivity contribution in [3.63, 3.8) is 0 Å². The summed E-state index contributed by atoms with van der Waals surface area (Å²) in [5, 5.41) is 10.5. The van der Waals surface area contributed by atoms with Crippen LogP contribution in [-0.4, -0.2) is 42.2 Å². The van der Waals surface area contributed by atoms with Crippen molar-refractivity contribution in [1.29, 1.82) is 0 Å². The van der Waals surface area contributed by atoms with E-state index in [4.69, 9.17) is 11.2 Å². The second-order valence-electron chi connectivity index (χ2n) is 6.30. The molecule has 136 valence electrons. The Morgan fingerprint density at radius 1 is 1.19 bits per heavy atom. The molecule has 2 aromatic carbocycles. The quantitative estimate of drug-likeness (QED) is 0.587. The zero-order valence-electron chi connectivity index (χ0n) is 15.3. The molecule has 2 rings (SSSR count). The number of rotatable bonds is 8. The van der Waals surface area contributed by atoms with Crippen LogP contribution in [0, 0.1) is 12.3 Å². The van der Waals surface area contributed by atoms with Gasteiger partial charge in [-0.05, 0) is 36.6 Å². The van der Waals surface area contributed by atoms with Crippen LogP contribution >= 0.6 is 0 Å². The SMILES string of the molecule is C#CCN(C[C@@H](O)c1ccccc1)C(C)Cc1ccc(C(=O)OC)cc1. The van der Waals surface area contributed by atoms with Gasteiger partial charge in [-0.1, -0.05) is 48.4 Å². The van der Waals surface area contributed by atoms with E-state index in [1.807, 2.05) is 42.5 Å². The Morgan fingerprint density at radius 3 is 2.42 bits per heavy atom. The maximum atomic E-state index is 11.5. The van der Waals surface area contributed by atoms with E-state index in [0.717, 1.165) is 17.5 Å². The average molecular weight is 351 g/mol. The van der Waals surface area contributed by atoms with Crippen molar-refractivity contribution in [2.45, 2.75) is 25.5 Å². The van der Waals surface area contributed by atoms with Crippen LogP contribution in [0.3, 0.4) is 0 Å². The Bertz CT molecular complexity index is 734. The predicted octanol–water partition coefficient (Wildman–Crippen LogP) is 3.07. The first-order chi connectivity index (χ1) is 12.5. The number of benzene rings is 2. The summed E-state index contributed by atoms with van der Waals surface area (Å²) in [4.78, 5) is 13.6. The van der Waals surface area contributed by atoms with Gasteiger partial charge in [-0.15, -0.1) is 6.42 Å². The predicted molar refractivity (Wildman–Crippen MR) is 103 cm³/mol. The van der Waals surface area contributed by atoms with Gasteiger partial charge in [0.1, 0.15) is 0 Å². The molecule has 0 aromatic heterocycles. The number of nitrogens with zero attached hydrogens (tertiary/aromatic N) is 1. The number of hydrogen-bond donors (Lipinski definition) is 1. The standard InChI is InChI=1S/C22H25NO3/c1-4-14-23(16-21(24)19-8-6-5-7-9-19)17(2)15-18-10-12-20(13-11-18)22(25)26-3/h1,5-13,17,21,24H,14-16H2,2-3H3/t17?,21-/m1/s1. The van der Waals surface area contributed by atoms with Crippen LogP contribution < -0.4 is 0 Å². The van der Waals surface area contributed by atoms with Gasteiger partial charge in [0.15, 0.2) is 0 Å². The molecule has 0 radical (unpaired) electrons. The molecule has 0 saturated carbocycles. The number of aliphatic hydroxyl groups is 1. The van der Waals surface area contributed by atoms with Gasteiger partial charge in [0.05, 0.1) is 25.3 Å². The molecular formula is C22H25NO3. The molecule has 2 aromatic rings. The van der Waals surface area contributed by atoms with Gasteiger partial charge in [0.25, 0.3) is 0 Å². The lowest BCUT2D eigenvalue weighted by Crippen LogP contribution is -2.38. The zero-order valence-corrected chi connectivity index (χ0v) is 15.3. The van der Waals surface area contributed by atoms with Crippen LogP contribution in [0.4, 0.5) is 0 Å². The summed E-state index contributed by atoms with van der Waals surface area (Å²) in [5.41, 5.74) is 2.51. The first-order valence-corrected chi connectivity index (χ1v) is 8.63. The molecule has 1 unspecified atom stereocenters. The first kappa shape index (κ1) is 19.7. The molecule has 2 atom stereocenters. The Hall–Kier alpha value is -2.61. The Labute approximate surface area is 155 Å². The van der Waals surface area contributed by atoms with Crippen molar-refractivity contribution in [3.8, 4) is 12.3 Å². The molecule has 0 aliphatic heterocycles. The number of aliphatic hydroxyl groups excluding tert-OH is 1. The number of esters is 1. The first-order valence-electron chi connectivity index (χ1n) is 8.63. The zero-order chi connectivity index (χ0) is 18.9. The number of methoxy groups -OCH3 is 1. The number of terminal acetylenes is 1. The highest BCUT2D eigenvalue weighted by Gasteiger charge is 2.18. The number of carbonyl (C=O) groups is 1. The van der Waals surface area contributed by atoms with Crippen molar-refractivity contribution in [2.75, 3.05) is 20.2 Å². The lowest BCUT2D eigenvalue weighted by atomic mass is 10.0. The second kappa shape index (κ2) is 9.76. The molecule has 1 N–H and O–H groups in total. The smallest absolute Gasteiger partial charge is 0.337 e. The monoisotopic (exact) mass is 351 g/mol. The van der Waals surface area contributed by atoms with Crippen LogP contribution in [0.5, 0.6) is 0 Å². The molecule has 4 nitrogen and oxygen atoms in total. The Kier molecular flexibility index (Phi) is 7.40. The second-order valence-corrected chi connectivity index (χ2v) is 6.30. The average Bonchev–Trinajstić information content (AvgIpc) is 2.68. The molecular weight excluding hydrogens is 326 g/mol. The molecule has 0 fully saturated rings. The third-order valence-electron chi connectivity index (χ3n) is 4.42. The van der Waals surface area contributed by atoms with Crippen LogP contribution in [0.2, 0.25) is 0 Å². The van der Waals surface area contributed by atoms with Gasteiger partial charge < -0.3 is 9.84 Å². The van der Waals surface area contributed by atoms with Gasteiger partial charge in [-0.3, -0.25) is 4.90 Å². The van der Waals surface area contributed by atoms with E-state index in [9.17, 15) is 9.90 Å². The molecule has 0 bridgehead atoms. The summed E-state index contributed by atoms with van der Waals surface area (Å²) in [6.07, 6.45) is 5.70. The summed E-state index contributed by atoms with van der Waals surface area (Å²) in [7, 11) is 1.37. The van der Waals surface area contributed by atoms with E-state index < -0.39 is 6.10 Å². The van der Waals surface area contributed by atoms with Crippen molar-refractivity contribution in [2.24, 2.45) is 0 Å². The Balaban J connectivity index is 2.02. The molecule has 4 heteroatoms. The summed E-state index contributed by atoms with van der Waals surface area (Å²) >= 11 is 0. The van der Waals surface area contributed by atoms with E-state index in [0.29, 0.717) is 18.7 Å². The van der Waals surface area contributed by atoms with Gasteiger partial charge in [-0.25, -0.2) is 4.79 Å². The number of ether oxygens (including phenoxy) is 1. The van der Waals surface area contributed by atoms with Crippen LogP contribution in [0.15, 0.2) is 54.6 Å². The van der Waals surface area contributed by atoms with E-state index in [2.05, 4.69) is 17.7 Å². The fraction of sp³-hybridized carbons (Fsp3) is 0.318. The summed E-state index contributed by atoms with van der Waals surface area (Å²) < 4.78 is 4.72. The van der Waals surface area contributed by atoms with Crippen molar-refractivity contribution < 1.29 is 14.6 Å². The maximum absolute atomic E-state index is 11.5.